The van der Waals surface area contributed by atoms with Gasteiger partial charge in [-0.05, 0) is 31.0 Å². The predicted octanol–water partition coefficient (Wildman–Crippen LogP) is 2.39. The lowest BCUT2D eigenvalue weighted by molar-refractivity contribution is 0.164. The van der Waals surface area contributed by atoms with E-state index >= 15 is 0 Å². The molecule has 1 heterocycles. The van der Waals surface area contributed by atoms with Crippen molar-refractivity contribution in [2.24, 2.45) is 0 Å². The van der Waals surface area contributed by atoms with Crippen molar-refractivity contribution in [1.29, 1.82) is 0 Å². The molecule has 1 aromatic heterocycles. The SMILES string of the molecule is CCC(O)CCNc1ccc(N)c2cnccc12. The van der Waals surface area contributed by atoms with Crippen molar-refractivity contribution in [1.82, 2.24) is 4.98 Å². The minimum absolute atomic E-state index is 0.237. The molecular weight excluding hydrogens is 226 g/mol. The van der Waals surface area contributed by atoms with Crippen molar-refractivity contribution in [2.45, 2.75) is 25.9 Å². The fourth-order valence-electron chi connectivity index (χ4n) is 1.94. The molecule has 0 fully saturated rings. The average molecular weight is 245 g/mol. The minimum atomic E-state index is -0.237. The Balaban J connectivity index is 2.16. The quantitative estimate of drug-likeness (QED) is 0.707. The fourth-order valence-corrected chi connectivity index (χ4v) is 1.94. The minimum Gasteiger partial charge on any atom is -0.398 e. The first-order valence-electron chi connectivity index (χ1n) is 6.26. The number of benzene rings is 1. The number of aromatic nitrogens is 1. The molecule has 0 aliphatic rings. The van der Waals surface area contributed by atoms with Crippen LogP contribution in [-0.4, -0.2) is 22.7 Å². The molecule has 18 heavy (non-hydrogen) atoms. The van der Waals surface area contributed by atoms with Crippen molar-refractivity contribution < 1.29 is 5.11 Å². The summed E-state index contributed by atoms with van der Waals surface area (Å²) < 4.78 is 0. The third kappa shape index (κ3) is 2.71. The molecule has 96 valence electrons. The number of pyridine rings is 1. The lowest BCUT2D eigenvalue weighted by Crippen LogP contribution is -2.12. The normalized spacial score (nSPS) is 12.6. The Morgan fingerprint density at radius 2 is 2.17 bits per heavy atom. The summed E-state index contributed by atoms with van der Waals surface area (Å²) in [4.78, 5) is 4.09. The zero-order chi connectivity index (χ0) is 13.0. The predicted molar refractivity (Wildman–Crippen MR) is 75.6 cm³/mol. The van der Waals surface area contributed by atoms with Gasteiger partial charge in [0, 0.05) is 41.1 Å². The Kier molecular flexibility index (Phi) is 3.99. The van der Waals surface area contributed by atoms with E-state index in [9.17, 15) is 5.11 Å². The van der Waals surface area contributed by atoms with E-state index in [-0.39, 0.29) is 6.10 Å². The first kappa shape index (κ1) is 12.6. The van der Waals surface area contributed by atoms with Gasteiger partial charge in [0.05, 0.1) is 6.10 Å². The number of aliphatic hydroxyl groups is 1. The van der Waals surface area contributed by atoms with Gasteiger partial charge >= 0.3 is 0 Å². The number of hydrogen-bond donors (Lipinski definition) is 3. The second-order valence-electron chi connectivity index (χ2n) is 4.40. The van der Waals surface area contributed by atoms with Gasteiger partial charge in [0.25, 0.3) is 0 Å². The van der Waals surface area contributed by atoms with Crippen LogP contribution >= 0.6 is 0 Å². The van der Waals surface area contributed by atoms with E-state index in [0.29, 0.717) is 0 Å². The van der Waals surface area contributed by atoms with E-state index in [0.717, 1.165) is 41.5 Å². The van der Waals surface area contributed by atoms with Gasteiger partial charge in [0.15, 0.2) is 0 Å². The first-order chi connectivity index (χ1) is 8.72. The topological polar surface area (TPSA) is 71.2 Å². The van der Waals surface area contributed by atoms with Crippen LogP contribution in [0.1, 0.15) is 19.8 Å². The van der Waals surface area contributed by atoms with Gasteiger partial charge in [0.2, 0.25) is 0 Å². The smallest absolute Gasteiger partial charge is 0.0554 e. The maximum Gasteiger partial charge on any atom is 0.0554 e. The molecule has 0 saturated heterocycles. The summed E-state index contributed by atoms with van der Waals surface area (Å²) in [6, 6.07) is 5.79. The van der Waals surface area contributed by atoms with Crippen LogP contribution < -0.4 is 11.1 Å². The lowest BCUT2D eigenvalue weighted by Gasteiger charge is -2.12. The molecule has 0 bridgehead atoms. The molecule has 0 aliphatic carbocycles. The van der Waals surface area contributed by atoms with E-state index < -0.39 is 0 Å². The van der Waals surface area contributed by atoms with Gasteiger partial charge in [0.1, 0.15) is 0 Å². The summed E-state index contributed by atoms with van der Waals surface area (Å²) in [5.41, 5.74) is 7.68. The third-order valence-electron chi connectivity index (χ3n) is 3.12. The number of aliphatic hydroxyl groups excluding tert-OH is 1. The largest absolute Gasteiger partial charge is 0.398 e. The van der Waals surface area contributed by atoms with E-state index in [2.05, 4.69) is 10.3 Å². The van der Waals surface area contributed by atoms with Crippen LogP contribution in [0.5, 0.6) is 0 Å². The first-order valence-corrected chi connectivity index (χ1v) is 6.26. The van der Waals surface area contributed by atoms with E-state index in [1.54, 1.807) is 12.4 Å². The molecule has 1 aromatic carbocycles. The molecule has 0 saturated carbocycles. The summed E-state index contributed by atoms with van der Waals surface area (Å²) in [7, 11) is 0. The molecule has 2 rings (SSSR count). The molecule has 0 aliphatic heterocycles. The van der Waals surface area contributed by atoms with Gasteiger partial charge in [-0.25, -0.2) is 0 Å². The van der Waals surface area contributed by atoms with Gasteiger partial charge in [-0.1, -0.05) is 6.92 Å². The molecule has 1 atom stereocenters. The highest BCUT2D eigenvalue weighted by Crippen LogP contribution is 2.27. The van der Waals surface area contributed by atoms with Crippen molar-refractivity contribution in [3.63, 3.8) is 0 Å². The number of nitrogens with zero attached hydrogens (tertiary/aromatic N) is 1. The molecule has 4 heteroatoms. The highest BCUT2D eigenvalue weighted by atomic mass is 16.3. The highest BCUT2D eigenvalue weighted by molar-refractivity contribution is 6.00. The molecule has 4 N–H and O–H groups in total. The van der Waals surface area contributed by atoms with Crippen LogP contribution in [0.3, 0.4) is 0 Å². The van der Waals surface area contributed by atoms with Crippen molar-refractivity contribution >= 4 is 22.1 Å². The number of anilines is 2. The summed E-state index contributed by atoms with van der Waals surface area (Å²) >= 11 is 0. The molecule has 4 nitrogen and oxygen atoms in total. The Morgan fingerprint density at radius 3 is 2.94 bits per heavy atom. The number of nitrogens with one attached hydrogen (secondary N) is 1. The summed E-state index contributed by atoms with van der Waals surface area (Å²) in [5, 5.41) is 14.9. The van der Waals surface area contributed by atoms with Crippen LogP contribution in [0.25, 0.3) is 10.8 Å². The molecule has 0 spiro atoms. The molecular formula is C14H19N3O. The van der Waals surface area contributed by atoms with Gasteiger partial charge < -0.3 is 16.2 Å². The van der Waals surface area contributed by atoms with Crippen molar-refractivity contribution in [2.75, 3.05) is 17.6 Å². The monoisotopic (exact) mass is 245 g/mol. The Morgan fingerprint density at radius 1 is 1.33 bits per heavy atom. The van der Waals surface area contributed by atoms with Crippen LogP contribution in [0.15, 0.2) is 30.6 Å². The lowest BCUT2D eigenvalue weighted by atomic mass is 10.1. The second kappa shape index (κ2) is 5.69. The molecule has 1 unspecified atom stereocenters. The maximum atomic E-state index is 9.52. The van der Waals surface area contributed by atoms with Gasteiger partial charge in [-0.3, -0.25) is 4.98 Å². The molecule has 2 aromatic rings. The van der Waals surface area contributed by atoms with Crippen LogP contribution in [-0.2, 0) is 0 Å². The zero-order valence-corrected chi connectivity index (χ0v) is 10.6. The summed E-state index contributed by atoms with van der Waals surface area (Å²) in [6.45, 7) is 2.73. The highest BCUT2D eigenvalue weighted by Gasteiger charge is 2.05. The van der Waals surface area contributed by atoms with E-state index in [4.69, 9.17) is 5.73 Å². The van der Waals surface area contributed by atoms with E-state index in [1.165, 1.54) is 0 Å². The Bertz CT molecular complexity index is 527. The Labute approximate surface area is 107 Å². The number of hydrogen-bond acceptors (Lipinski definition) is 4. The summed E-state index contributed by atoms with van der Waals surface area (Å²) in [5.74, 6) is 0. The maximum absolute atomic E-state index is 9.52. The molecule has 0 amide bonds. The third-order valence-corrected chi connectivity index (χ3v) is 3.12. The Hall–Kier alpha value is -1.81. The number of fused-ring (bicyclic) bond motifs is 1. The van der Waals surface area contributed by atoms with E-state index in [1.807, 2.05) is 25.1 Å². The number of nitrogen functional groups attached to an aromatic ring is 1. The summed E-state index contributed by atoms with van der Waals surface area (Å²) in [6.07, 6.45) is 4.82. The van der Waals surface area contributed by atoms with Gasteiger partial charge in [-0.2, -0.15) is 0 Å². The van der Waals surface area contributed by atoms with Crippen molar-refractivity contribution in [3.05, 3.63) is 30.6 Å². The standard InChI is InChI=1S/C14H19N3O/c1-2-10(18)5-8-17-14-4-3-13(15)12-9-16-7-6-11(12)14/h3-4,6-7,9-10,17-18H,2,5,8,15H2,1H3. The number of rotatable bonds is 5. The van der Waals surface area contributed by atoms with Crippen molar-refractivity contribution in [3.8, 4) is 0 Å². The zero-order valence-electron chi connectivity index (χ0n) is 10.6. The number of nitrogens with two attached hydrogens (primary N) is 1. The fraction of sp³-hybridized carbons (Fsp3) is 0.357. The van der Waals surface area contributed by atoms with Crippen LogP contribution in [0, 0.1) is 0 Å². The second-order valence-corrected chi connectivity index (χ2v) is 4.40. The molecule has 0 radical (unpaired) electrons. The van der Waals surface area contributed by atoms with Crippen LogP contribution in [0.2, 0.25) is 0 Å². The average Bonchev–Trinajstić information content (AvgIpc) is 2.41. The van der Waals surface area contributed by atoms with Gasteiger partial charge in [-0.15, -0.1) is 0 Å². The van der Waals surface area contributed by atoms with Crippen LogP contribution in [0.4, 0.5) is 11.4 Å².